The van der Waals surface area contributed by atoms with Crippen LogP contribution in [-0.2, 0) is 4.74 Å². The summed E-state index contributed by atoms with van der Waals surface area (Å²) in [4.78, 5) is 0. The number of fused-ring (bicyclic) bond motifs is 1. The number of rotatable bonds is 2. The highest BCUT2D eigenvalue weighted by Crippen LogP contribution is 2.26. The first-order valence-corrected chi connectivity index (χ1v) is 5.56. The zero-order valence-corrected chi connectivity index (χ0v) is 8.80. The first-order valence-electron chi connectivity index (χ1n) is 4.57. The van der Waals surface area contributed by atoms with Crippen molar-refractivity contribution in [2.45, 2.75) is 25.1 Å². The Bertz CT molecular complexity index is 314. The van der Waals surface area contributed by atoms with Gasteiger partial charge in [0, 0.05) is 12.1 Å². The summed E-state index contributed by atoms with van der Waals surface area (Å²) in [7, 11) is 0. The van der Waals surface area contributed by atoms with Crippen molar-refractivity contribution in [2.24, 2.45) is 0 Å². The van der Waals surface area contributed by atoms with Crippen LogP contribution in [0.15, 0.2) is 23.4 Å². The number of hydrogen-bond donors (Lipinski definition) is 0. The molecule has 0 amide bonds. The normalized spacial score (nSPS) is 20.3. The van der Waals surface area contributed by atoms with Gasteiger partial charge in [0.2, 0.25) is 5.03 Å². The number of aryl methyl sites for hydroxylation is 1. The Morgan fingerprint density at radius 1 is 1.69 bits per heavy atom. The van der Waals surface area contributed by atoms with Gasteiger partial charge in [-0.3, -0.25) is 0 Å². The number of pyridine rings is 1. The van der Waals surface area contributed by atoms with Crippen molar-refractivity contribution < 1.29 is 9.30 Å². The molecule has 3 heteroatoms. The number of thioether (sulfide) groups is 1. The molecule has 0 spiro atoms. The molecule has 1 atom stereocenters. The van der Waals surface area contributed by atoms with Gasteiger partial charge in [-0.15, -0.1) is 0 Å². The molecule has 2 nitrogen and oxygen atoms in total. The van der Waals surface area contributed by atoms with Crippen molar-refractivity contribution in [2.75, 3.05) is 12.4 Å². The third-order valence-electron chi connectivity index (χ3n) is 2.15. The molecule has 0 saturated heterocycles. The smallest absolute Gasteiger partial charge is 0.273 e. The molecule has 0 N–H and O–H groups in total. The molecule has 0 aromatic carbocycles. The molecule has 1 aromatic rings. The zero-order chi connectivity index (χ0) is 9.26. The standard InChI is InChI=1S/C10H14NOS/c1-3-12-9-7-13-10-6-8(2)4-5-11(9)10/h4-6,9H,3,7H2,1-2H3/q+1. The molecule has 1 aliphatic heterocycles. The Labute approximate surface area is 82.9 Å². The zero-order valence-electron chi connectivity index (χ0n) is 7.99. The van der Waals surface area contributed by atoms with Crippen LogP contribution in [0.1, 0.15) is 18.7 Å². The van der Waals surface area contributed by atoms with E-state index >= 15 is 0 Å². The Morgan fingerprint density at radius 2 is 2.54 bits per heavy atom. The van der Waals surface area contributed by atoms with E-state index in [1.54, 1.807) is 0 Å². The van der Waals surface area contributed by atoms with E-state index in [4.69, 9.17) is 4.74 Å². The minimum Gasteiger partial charge on any atom is -0.321 e. The molecule has 0 fully saturated rings. The van der Waals surface area contributed by atoms with E-state index in [0.29, 0.717) is 0 Å². The molecule has 2 heterocycles. The lowest BCUT2D eigenvalue weighted by Gasteiger charge is -2.04. The fourth-order valence-electron chi connectivity index (χ4n) is 1.50. The van der Waals surface area contributed by atoms with Gasteiger partial charge >= 0.3 is 0 Å². The summed E-state index contributed by atoms with van der Waals surface area (Å²) in [5, 5.41) is 1.32. The lowest BCUT2D eigenvalue weighted by Crippen LogP contribution is -2.39. The van der Waals surface area contributed by atoms with Crippen LogP contribution in [0, 0.1) is 6.92 Å². The average Bonchev–Trinajstić information content (AvgIpc) is 2.49. The molecule has 1 aromatic heterocycles. The highest BCUT2D eigenvalue weighted by molar-refractivity contribution is 7.99. The maximum atomic E-state index is 5.61. The summed E-state index contributed by atoms with van der Waals surface area (Å²) in [6.07, 6.45) is 2.36. The lowest BCUT2D eigenvalue weighted by atomic mass is 10.3. The second-order valence-electron chi connectivity index (χ2n) is 3.17. The van der Waals surface area contributed by atoms with Crippen molar-refractivity contribution in [3.05, 3.63) is 23.9 Å². The number of hydrogen-bond acceptors (Lipinski definition) is 2. The molecule has 13 heavy (non-hydrogen) atoms. The van der Waals surface area contributed by atoms with Crippen LogP contribution >= 0.6 is 11.8 Å². The molecule has 0 aliphatic carbocycles. The molecule has 0 bridgehead atoms. The second-order valence-corrected chi connectivity index (χ2v) is 4.21. The van der Waals surface area contributed by atoms with Crippen LogP contribution in [-0.4, -0.2) is 12.4 Å². The van der Waals surface area contributed by atoms with Gasteiger partial charge in [0.25, 0.3) is 6.23 Å². The molecule has 1 unspecified atom stereocenters. The van der Waals surface area contributed by atoms with Gasteiger partial charge in [0.15, 0.2) is 6.20 Å². The highest BCUT2D eigenvalue weighted by atomic mass is 32.2. The van der Waals surface area contributed by atoms with Crippen molar-refractivity contribution in [3.8, 4) is 0 Å². The van der Waals surface area contributed by atoms with Gasteiger partial charge in [0.1, 0.15) is 0 Å². The van der Waals surface area contributed by atoms with Crippen LogP contribution in [0.25, 0.3) is 0 Å². The second kappa shape index (κ2) is 3.68. The summed E-state index contributed by atoms with van der Waals surface area (Å²) in [5.74, 6) is 1.04. The molecule has 70 valence electrons. The Kier molecular flexibility index (Phi) is 2.56. The average molecular weight is 196 g/mol. The van der Waals surface area contributed by atoms with Gasteiger partial charge in [0.05, 0.1) is 12.4 Å². The van der Waals surface area contributed by atoms with E-state index in [1.807, 2.05) is 18.7 Å². The summed E-state index contributed by atoms with van der Waals surface area (Å²) < 4.78 is 7.82. The molecule has 2 rings (SSSR count). The topological polar surface area (TPSA) is 13.1 Å². The molecule has 0 radical (unpaired) electrons. The number of aromatic nitrogens is 1. The Hall–Kier alpha value is -0.540. The van der Waals surface area contributed by atoms with Gasteiger partial charge in [-0.2, -0.15) is 4.57 Å². The monoisotopic (exact) mass is 196 g/mol. The van der Waals surface area contributed by atoms with E-state index in [0.717, 1.165) is 12.4 Å². The highest BCUT2D eigenvalue weighted by Gasteiger charge is 2.31. The minimum atomic E-state index is 0.241. The predicted octanol–water partition coefficient (Wildman–Crippen LogP) is 1.92. The molecular weight excluding hydrogens is 182 g/mol. The summed E-state index contributed by atoms with van der Waals surface area (Å²) in [6.45, 7) is 4.94. The summed E-state index contributed by atoms with van der Waals surface area (Å²) >= 11 is 1.87. The summed E-state index contributed by atoms with van der Waals surface area (Å²) in [5.41, 5.74) is 1.32. The van der Waals surface area contributed by atoms with Crippen LogP contribution in [0.3, 0.4) is 0 Å². The van der Waals surface area contributed by atoms with E-state index in [-0.39, 0.29) is 6.23 Å². The van der Waals surface area contributed by atoms with Crippen LogP contribution in [0.5, 0.6) is 0 Å². The SMILES string of the molecule is CCOC1CSc2cc(C)cc[n+]21. The van der Waals surface area contributed by atoms with E-state index < -0.39 is 0 Å². The third kappa shape index (κ3) is 1.71. The van der Waals surface area contributed by atoms with Crippen molar-refractivity contribution in [1.29, 1.82) is 0 Å². The van der Waals surface area contributed by atoms with Gasteiger partial charge < -0.3 is 4.74 Å². The number of ether oxygens (including phenoxy) is 1. The van der Waals surface area contributed by atoms with Crippen molar-refractivity contribution in [3.63, 3.8) is 0 Å². The van der Waals surface area contributed by atoms with Crippen molar-refractivity contribution in [1.82, 2.24) is 0 Å². The lowest BCUT2D eigenvalue weighted by molar-refractivity contribution is -0.783. The van der Waals surface area contributed by atoms with Crippen LogP contribution in [0.2, 0.25) is 0 Å². The van der Waals surface area contributed by atoms with Gasteiger partial charge in [-0.25, -0.2) is 0 Å². The largest absolute Gasteiger partial charge is 0.321 e. The first-order chi connectivity index (χ1) is 6.31. The van der Waals surface area contributed by atoms with E-state index in [9.17, 15) is 0 Å². The minimum absolute atomic E-state index is 0.241. The predicted molar refractivity (Wildman–Crippen MR) is 52.8 cm³/mol. The quantitative estimate of drug-likeness (QED) is 0.670. The Morgan fingerprint density at radius 3 is 3.31 bits per heavy atom. The molecule has 0 saturated carbocycles. The molecular formula is C10H14NOS+. The van der Waals surface area contributed by atoms with Crippen LogP contribution < -0.4 is 4.57 Å². The first kappa shape index (κ1) is 9.03. The fraction of sp³-hybridized carbons (Fsp3) is 0.500. The maximum Gasteiger partial charge on any atom is 0.273 e. The van der Waals surface area contributed by atoms with Crippen LogP contribution in [0.4, 0.5) is 0 Å². The van der Waals surface area contributed by atoms with E-state index in [1.165, 1.54) is 10.6 Å². The van der Waals surface area contributed by atoms with Gasteiger partial charge in [-0.05, 0) is 31.2 Å². The molecule has 1 aliphatic rings. The van der Waals surface area contributed by atoms with Crippen molar-refractivity contribution >= 4 is 11.8 Å². The maximum absolute atomic E-state index is 5.61. The third-order valence-corrected chi connectivity index (χ3v) is 3.22. The fourth-order valence-corrected chi connectivity index (χ4v) is 2.67. The number of nitrogens with zero attached hydrogens (tertiary/aromatic N) is 1. The van der Waals surface area contributed by atoms with Gasteiger partial charge in [-0.1, -0.05) is 0 Å². The Balaban J connectivity index is 2.27. The summed E-state index contributed by atoms with van der Waals surface area (Å²) in [6, 6.07) is 4.34. The van der Waals surface area contributed by atoms with E-state index in [2.05, 4.69) is 29.8 Å².